The number of ether oxygens (including phenoxy) is 3. The summed E-state index contributed by atoms with van der Waals surface area (Å²) in [6.07, 6.45) is 0.991. The maximum atomic E-state index is 12.5. The van der Waals surface area contributed by atoms with Gasteiger partial charge in [0.1, 0.15) is 5.75 Å². The molecule has 1 aromatic carbocycles. The van der Waals surface area contributed by atoms with Crippen LogP contribution in [-0.2, 0) is 27.2 Å². The number of methoxy groups -OCH3 is 2. The van der Waals surface area contributed by atoms with Gasteiger partial charge in [0.05, 0.1) is 13.5 Å². The van der Waals surface area contributed by atoms with Crippen LogP contribution in [0.25, 0.3) is 0 Å². The number of carbonyl (C=O) groups is 2. The summed E-state index contributed by atoms with van der Waals surface area (Å²) < 4.78 is 17.4. The van der Waals surface area contributed by atoms with Gasteiger partial charge in [-0.05, 0) is 44.0 Å². The number of nitrogens with zero attached hydrogens (tertiary/aromatic N) is 1. The highest BCUT2D eigenvalue weighted by Gasteiger charge is 2.17. The van der Waals surface area contributed by atoms with Crippen LogP contribution in [-0.4, -0.2) is 43.8 Å². The maximum Gasteiger partial charge on any atom is 0.310 e. The minimum absolute atomic E-state index is 0.118. The Morgan fingerprint density at radius 1 is 1.07 bits per heavy atom. The molecule has 0 amide bonds. The zero-order valence-electron chi connectivity index (χ0n) is 16.4. The minimum Gasteiger partial charge on any atom is -0.497 e. The van der Waals surface area contributed by atoms with Gasteiger partial charge in [-0.15, -0.1) is 0 Å². The van der Waals surface area contributed by atoms with E-state index in [1.54, 1.807) is 38.5 Å². The van der Waals surface area contributed by atoms with Crippen molar-refractivity contribution in [1.82, 2.24) is 4.57 Å². The van der Waals surface area contributed by atoms with Crippen molar-refractivity contribution in [2.24, 2.45) is 0 Å². The number of esters is 1. The molecule has 2 aromatic rings. The highest BCUT2D eigenvalue weighted by molar-refractivity contribution is 5.99. The highest BCUT2D eigenvalue weighted by atomic mass is 16.5. The fourth-order valence-corrected chi connectivity index (χ4v) is 2.98. The number of aromatic nitrogens is 1. The quantitative estimate of drug-likeness (QED) is 0.364. The van der Waals surface area contributed by atoms with E-state index in [0.717, 1.165) is 35.7 Å². The van der Waals surface area contributed by atoms with Crippen LogP contribution >= 0.6 is 0 Å². The van der Waals surface area contributed by atoms with Crippen molar-refractivity contribution >= 4 is 11.8 Å². The third-order valence-corrected chi connectivity index (χ3v) is 4.48. The minimum atomic E-state index is -0.428. The first-order valence-corrected chi connectivity index (χ1v) is 8.93. The molecule has 0 fully saturated rings. The van der Waals surface area contributed by atoms with Gasteiger partial charge in [0.2, 0.25) is 5.78 Å². The second-order valence-corrected chi connectivity index (χ2v) is 6.39. The first-order valence-electron chi connectivity index (χ1n) is 8.93. The Labute approximate surface area is 160 Å². The molecule has 0 unspecified atom stereocenters. The van der Waals surface area contributed by atoms with Crippen molar-refractivity contribution in [2.75, 3.05) is 27.4 Å². The fraction of sp³-hybridized carbons (Fsp3) is 0.429. The van der Waals surface area contributed by atoms with E-state index >= 15 is 0 Å². The summed E-state index contributed by atoms with van der Waals surface area (Å²) in [7, 11) is 3.26. The van der Waals surface area contributed by atoms with E-state index in [9.17, 15) is 9.59 Å². The largest absolute Gasteiger partial charge is 0.497 e. The van der Waals surface area contributed by atoms with Crippen LogP contribution in [0.4, 0.5) is 0 Å². The van der Waals surface area contributed by atoms with Crippen molar-refractivity contribution in [1.29, 1.82) is 0 Å². The van der Waals surface area contributed by atoms with Gasteiger partial charge in [0.25, 0.3) is 0 Å². The number of aryl methyl sites for hydroxylation is 1. The number of benzene rings is 1. The Hall–Kier alpha value is -2.60. The molecule has 27 heavy (non-hydrogen) atoms. The Morgan fingerprint density at radius 3 is 2.41 bits per heavy atom. The maximum absolute atomic E-state index is 12.5. The van der Waals surface area contributed by atoms with Crippen molar-refractivity contribution in [3.63, 3.8) is 0 Å². The number of carbonyl (C=O) groups excluding carboxylic acids is 2. The number of hydrogen-bond donors (Lipinski definition) is 0. The lowest BCUT2D eigenvalue weighted by Gasteiger charge is -2.09. The van der Waals surface area contributed by atoms with Crippen LogP contribution in [0.3, 0.4) is 0 Å². The smallest absolute Gasteiger partial charge is 0.310 e. The second-order valence-electron chi connectivity index (χ2n) is 6.39. The zero-order chi connectivity index (χ0) is 19.8. The lowest BCUT2D eigenvalue weighted by Crippen LogP contribution is -2.16. The third-order valence-electron chi connectivity index (χ3n) is 4.48. The lowest BCUT2D eigenvalue weighted by atomic mass is 10.1. The molecule has 0 atom stereocenters. The predicted octanol–water partition coefficient (Wildman–Crippen LogP) is 3.12. The standard InChI is InChI=1S/C21H27NO5/c1-15-12-19(16(2)22(15)10-5-11-25-3)20(23)14-27-21(24)13-17-6-8-18(26-4)9-7-17/h6-9,12H,5,10-11,13-14H2,1-4H3. The molecular weight excluding hydrogens is 346 g/mol. The van der Waals surface area contributed by atoms with Gasteiger partial charge in [0.15, 0.2) is 6.61 Å². The molecule has 0 spiro atoms. The van der Waals surface area contributed by atoms with E-state index in [2.05, 4.69) is 4.57 Å². The van der Waals surface area contributed by atoms with E-state index in [-0.39, 0.29) is 18.8 Å². The average molecular weight is 373 g/mol. The molecule has 6 heteroatoms. The summed E-state index contributed by atoms with van der Waals surface area (Å²) in [5.74, 6) is 0.106. The van der Waals surface area contributed by atoms with Crippen LogP contribution in [0.1, 0.15) is 33.7 Å². The fourth-order valence-electron chi connectivity index (χ4n) is 2.98. The van der Waals surface area contributed by atoms with Crippen LogP contribution in [0.15, 0.2) is 30.3 Å². The summed E-state index contributed by atoms with van der Waals surface area (Å²) in [5.41, 5.74) is 3.31. The van der Waals surface area contributed by atoms with E-state index in [0.29, 0.717) is 12.2 Å². The zero-order valence-corrected chi connectivity index (χ0v) is 16.4. The molecule has 0 radical (unpaired) electrons. The van der Waals surface area contributed by atoms with Crippen molar-refractivity contribution in [3.8, 4) is 5.75 Å². The average Bonchev–Trinajstić information content (AvgIpc) is 2.95. The van der Waals surface area contributed by atoms with E-state index in [1.807, 2.05) is 19.9 Å². The molecule has 0 N–H and O–H groups in total. The normalized spacial score (nSPS) is 10.7. The van der Waals surface area contributed by atoms with Gasteiger partial charge < -0.3 is 18.8 Å². The molecule has 0 aliphatic heterocycles. The molecule has 0 saturated heterocycles. The number of Topliss-reactive ketones (excluding diaryl/α,β-unsaturated/α-hetero) is 1. The first kappa shape index (κ1) is 20.7. The molecule has 146 valence electrons. The molecule has 0 aliphatic carbocycles. The van der Waals surface area contributed by atoms with Crippen LogP contribution in [0, 0.1) is 13.8 Å². The molecule has 1 heterocycles. The molecule has 0 saturated carbocycles. The van der Waals surface area contributed by atoms with Crippen LogP contribution in [0.5, 0.6) is 5.75 Å². The summed E-state index contributed by atoms with van der Waals surface area (Å²) in [6.45, 7) is 5.08. The molecular formula is C21H27NO5. The van der Waals surface area contributed by atoms with E-state index in [1.165, 1.54) is 0 Å². The van der Waals surface area contributed by atoms with Gasteiger partial charge in [-0.25, -0.2) is 0 Å². The van der Waals surface area contributed by atoms with Gasteiger partial charge in [-0.3, -0.25) is 9.59 Å². The summed E-state index contributed by atoms with van der Waals surface area (Å²) >= 11 is 0. The van der Waals surface area contributed by atoms with Crippen molar-refractivity contribution < 1.29 is 23.8 Å². The number of rotatable bonds is 10. The number of hydrogen-bond acceptors (Lipinski definition) is 5. The first-order chi connectivity index (χ1) is 13.0. The van der Waals surface area contributed by atoms with Gasteiger partial charge >= 0.3 is 5.97 Å². The molecule has 1 aromatic heterocycles. The highest BCUT2D eigenvalue weighted by Crippen LogP contribution is 2.17. The van der Waals surface area contributed by atoms with E-state index in [4.69, 9.17) is 14.2 Å². The third kappa shape index (κ3) is 5.69. The molecule has 6 nitrogen and oxygen atoms in total. The topological polar surface area (TPSA) is 66.8 Å². The molecule has 0 aliphatic rings. The van der Waals surface area contributed by atoms with Gasteiger partial charge in [-0.1, -0.05) is 12.1 Å². The Balaban J connectivity index is 1.90. The Bertz CT molecular complexity index is 777. The summed E-state index contributed by atoms with van der Waals surface area (Å²) in [6, 6.07) is 9.02. The van der Waals surface area contributed by atoms with Crippen LogP contribution in [0.2, 0.25) is 0 Å². The van der Waals surface area contributed by atoms with Crippen molar-refractivity contribution in [3.05, 3.63) is 52.8 Å². The lowest BCUT2D eigenvalue weighted by molar-refractivity contribution is -0.141. The summed E-state index contributed by atoms with van der Waals surface area (Å²) in [4.78, 5) is 24.5. The Kier molecular flexibility index (Phi) is 7.61. The SMILES string of the molecule is COCCCn1c(C)cc(C(=O)COC(=O)Cc2ccc(OC)cc2)c1C. The monoisotopic (exact) mass is 373 g/mol. The Morgan fingerprint density at radius 2 is 1.78 bits per heavy atom. The van der Waals surface area contributed by atoms with Gasteiger partial charge in [0, 0.05) is 37.2 Å². The molecule has 2 rings (SSSR count). The van der Waals surface area contributed by atoms with E-state index < -0.39 is 5.97 Å². The molecule has 0 bridgehead atoms. The second kappa shape index (κ2) is 9.92. The van der Waals surface area contributed by atoms with Crippen molar-refractivity contribution in [2.45, 2.75) is 33.2 Å². The van der Waals surface area contributed by atoms with Crippen LogP contribution < -0.4 is 4.74 Å². The van der Waals surface area contributed by atoms with Gasteiger partial charge in [-0.2, -0.15) is 0 Å². The predicted molar refractivity (Wildman–Crippen MR) is 102 cm³/mol. The number of ketones is 1. The summed E-state index contributed by atoms with van der Waals surface area (Å²) in [5, 5.41) is 0.